The molecule has 0 saturated heterocycles. The molecule has 5 heteroatoms. The van der Waals surface area contributed by atoms with Gasteiger partial charge in [-0.25, -0.2) is 4.79 Å². The summed E-state index contributed by atoms with van der Waals surface area (Å²) in [6.07, 6.45) is 1.64. The van der Waals surface area contributed by atoms with Crippen LogP contribution in [0.2, 0.25) is 0 Å². The number of carboxylic acid groups (broad SMARTS) is 1. The first kappa shape index (κ1) is 16.2. The number of amides is 1. The van der Waals surface area contributed by atoms with Crippen molar-refractivity contribution >= 4 is 11.9 Å². The predicted molar refractivity (Wildman–Crippen MR) is 75.8 cm³/mol. The second-order valence-corrected chi connectivity index (χ2v) is 4.64. The Hall–Kier alpha value is -1.88. The van der Waals surface area contributed by atoms with Crippen molar-refractivity contribution in [2.75, 3.05) is 13.1 Å². The summed E-state index contributed by atoms with van der Waals surface area (Å²) < 4.78 is 0. The van der Waals surface area contributed by atoms with Gasteiger partial charge in [0.15, 0.2) is 0 Å². The van der Waals surface area contributed by atoms with Gasteiger partial charge >= 0.3 is 5.97 Å². The highest BCUT2D eigenvalue weighted by Gasteiger charge is 2.21. The monoisotopic (exact) mass is 279 g/mol. The summed E-state index contributed by atoms with van der Waals surface area (Å²) in [6.45, 7) is 4.91. The Kier molecular flexibility index (Phi) is 6.18. The van der Waals surface area contributed by atoms with E-state index in [2.05, 4.69) is 0 Å². The molecule has 0 saturated carbocycles. The van der Waals surface area contributed by atoms with E-state index in [1.165, 1.54) is 12.1 Å². The molecule has 0 atom stereocenters. The fourth-order valence-corrected chi connectivity index (χ4v) is 2.08. The fraction of sp³-hybridized carbons (Fsp3) is 0.467. The van der Waals surface area contributed by atoms with E-state index in [0.29, 0.717) is 18.7 Å². The Morgan fingerprint density at radius 2 is 1.70 bits per heavy atom. The average Bonchev–Trinajstić information content (AvgIpc) is 2.45. The van der Waals surface area contributed by atoms with E-state index in [1.54, 1.807) is 11.0 Å². The first-order chi connectivity index (χ1) is 9.54. The minimum atomic E-state index is -1.16. The summed E-state index contributed by atoms with van der Waals surface area (Å²) in [5, 5.41) is 18.3. The van der Waals surface area contributed by atoms with Crippen LogP contribution in [0.3, 0.4) is 0 Å². The number of aliphatic hydroxyl groups is 1. The number of aromatic carboxylic acids is 1. The highest BCUT2D eigenvalue weighted by Crippen LogP contribution is 2.16. The standard InChI is InChI=1S/C15H21NO4/c1-3-7-16(8-4-2)14(18)12-6-5-11(10-17)9-13(12)15(19)20/h5-6,9,17H,3-4,7-8,10H2,1-2H3,(H,19,20). The average molecular weight is 279 g/mol. The predicted octanol–water partition coefficient (Wildman–Crippen LogP) is 2.14. The van der Waals surface area contributed by atoms with Crippen LogP contribution >= 0.6 is 0 Å². The quantitative estimate of drug-likeness (QED) is 0.801. The van der Waals surface area contributed by atoms with Gasteiger partial charge in [-0.05, 0) is 30.5 Å². The lowest BCUT2D eigenvalue weighted by Crippen LogP contribution is -2.33. The number of hydrogen-bond donors (Lipinski definition) is 2. The van der Waals surface area contributed by atoms with E-state index < -0.39 is 5.97 Å². The number of aliphatic hydroxyl groups excluding tert-OH is 1. The molecule has 1 aromatic carbocycles. The molecule has 5 nitrogen and oxygen atoms in total. The van der Waals surface area contributed by atoms with Gasteiger partial charge in [0.05, 0.1) is 17.7 Å². The third-order valence-electron chi connectivity index (χ3n) is 3.00. The number of carbonyl (C=O) groups is 2. The maximum Gasteiger partial charge on any atom is 0.336 e. The fourth-order valence-electron chi connectivity index (χ4n) is 2.08. The molecule has 2 N–H and O–H groups in total. The molecular formula is C15H21NO4. The largest absolute Gasteiger partial charge is 0.478 e. The Labute approximate surface area is 118 Å². The second-order valence-electron chi connectivity index (χ2n) is 4.64. The highest BCUT2D eigenvalue weighted by molar-refractivity contribution is 6.04. The molecule has 20 heavy (non-hydrogen) atoms. The molecule has 0 unspecified atom stereocenters. The van der Waals surface area contributed by atoms with Crippen LogP contribution in [0.5, 0.6) is 0 Å². The zero-order chi connectivity index (χ0) is 15.1. The summed E-state index contributed by atoms with van der Waals surface area (Å²) in [6, 6.07) is 4.41. The van der Waals surface area contributed by atoms with Crippen molar-refractivity contribution in [2.24, 2.45) is 0 Å². The van der Waals surface area contributed by atoms with Crippen molar-refractivity contribution in [1.29, 1.82) is 0 Å². The van der Waals surface area contributed by atoms with Gasteiger partial charge in [0.1, 0.15) is 0 Å². The molecule has 0 heterocycles. The lowest BCUT2D eigenvalue weighted by molar-refractivity contribution is 0.0674. The van der Waals surface area contributed by atoms with Crippen molar-refractivity contribution in [1.82, 2.24) is 4.90 Å². The smallest absolute Gasteiger partial charge is 0.336 e. The number of hydrogen-bond acceptors (Lipinski definition) is 3. The number of carboxylic acids is 1. The van der Waals surface area contributed by atoms with E-state index in [4.69, 9.17) is 5.11 Å². The minimum absolute atomic E-state index is 0.0567. The van der Waals surface area contributed by atoms with E-state index >= 15 is 0 Å². The lowest BCUT2D eigenvalue weighted by atomic mass is 10.0. The van der Waals surface area contributed by atoms with E-state index in [9.17, 15) is 14.7 Å². The molecule has 0 fully saturated rings. The summed E-state index contributed by atoms with van der Waals surface area (Å²) in [4.78, 5) is 25.4. The molecular weight excluding hydrogens is 258 g/mol. The van der Waals surface area contributed by atoms with Gasteiger partial charge in [-0.15, -0.1) is 0 Å². The first-order valence-electron chi connectivity index (χ1n) is 6.81. The first-order valence-corrected chi connectivity index (χ1v) is 6.81. The van der Waals surface area contributed by atoms with Crippen molar-refractivity contribution in [2.45, 2.75) is 33.3 Å². The van der Waals surface area contributed by atoms with Gasteiger partial charge in [0, 0.05) is 13.1 Å². The van der Waals surface area contributed by atoms with Crippen LogP contribution in [0.4, 0.5) is 0 Å². The van der Waals surface area contributed by atoms with Crippen LogP contribution in [0.15, 0.2) is 18.2 Å². The number of carbonyl (C=O) groups excluding carboxylic acids is 1. The van der Waals surface area contributed by atoms with Gasteiger partial charge in [-0.3, -0.25) is 4.79 Å². The normalized spacial score (nSPS) is 10.3. The lowest BCUT2D eigenvalue weighted by Gasteiger charge is -2.22. The van der Waals surface area contributed by atoms with Gasteiger partial charge in [0.2, 0.25) is 0 Å². The minimum Gasteiger partial charge on any atom is -0.478 e. The zero-order valence-electron chi connectivity index (χ0n) is 11.9. The van der Waals surface area contributed by atoms with Crippen LogP contribution in [-0.4, -0.2) is 40.1 Å². The molecule has 0 aromatic heterocycles. The maximum atomic E-state index is 12.4. The second kappa shape index (κ2) is 7.65. The molecule has 0 aliphatic rings. The van der Waals surface area contributed by atoms with Gasteiger partial charge < -0.3 is 15.1 Å². The Morgan fingerprint density at radius 1 is 1.10 bits per heavy atom. The molecule has 0 bridgehead atoms. The Bertz CT molecular complexity index is 479. The summed E-state index contributed by atoms with van der Waals surface area (Å²) in [5.74, 6) is -1.42. The highest BCUT2D eigenvalue weighted by atomic mass is 16.4. The summed E-state index contributed by atoms with van der Waals surface area (Å²) in [7, 11) is 0. The maximum absolute atomic E-state index is 12.4. The van der Waals surface area contributed by atoms with Crippen molar-refractivity contribution in [3.8, 4) is 0 Å². The van der Waals surface area contributed by atoms with Crippen molar-refractivity contribution in [3.05, 3.63) is 34.9 Å². The van der Waals surface area contributed by atoms with Crippen LogP contribution in [-0.2, 0) is 6.61 Å². The van der Waals surface area contributed by atoms with E-state index in [-0.39, 0.29) is 23.6 Å². The van der Waals surface area contributed by atoms with E-state index in [1.807, 2.05) is 13.8 Å². The van der Waals surface area contributed by atoms with Gasteiger partial charge in [-0.2, -0.15) is 0 Å². The molecule has 1 aromatic rings. The molecule has 0 aliphatic carbocycles. The molecule has 0 aliphatic heterocycles. The van der Waals surface area contributed by atoms with Crippen LogP contribution in [0, 0.1) is 0 Å². The summed E-state index contributed by atoms with van der Waals surface area (Å²) >= 11 is 0. The number of nitrogens with zero attached hydrogens (tertiary/aromatic N) is 1. The topological polar surface area (TPSA) is 77.8 Å². The molecule has 1 rings (SSSR count). The zero-order valence-corrected chi connectivity index (χ0v) is 11.9. The van der Waals surface area contributed by atoms with Crippen LogP contribution in [0.1, 0.15) is 53.0 Å². The van der Waals surface area contributed by atoms with Crippen molar-refractivity contribution < 1.29 is 19.8 Å². The molecule has 1 amide bonds. The van der Waals surface area contributed by atoms with Crippen LogP contribution < -0.4 is 0 Å². The third-order valence-corrected chi connectivity index (χ3v) is 3.00. The van der Waals surface area contributed by atoms with Crippen molar-refractivity contribution in [3.63, 3.8) is 0 Å². The van der Waals surface area contributed by atoms with Crippen LogP contribution in [0.25, 0.3) is 0 Å². The Balaban J connectivity index is 3.16. The molecule has 0 radical (unpaired) electrons. The van der Waals surface area contributed by atoms with Gasteiger partial charge in [0.25, 0.3) is 5.91 Å². The van der Waals surface area contributed by atoms with Gasteiger partial charge in [-0.1, -0.05) is 19.9 Å². The molecule has 0 spiro atoms. The summed E-state index contributed by atoms with van der Waals surface area (Å²) in [5.41, 5.74) is 0.604. The SMILES string of the molecule is CCCN(CCC)C(=O)c1ccc(CO)cc1C(=O)O. The molecule has 110 valence electrons. The Morgan fingerprint density at radius 3 is 2.15 bits per heavy atom. The van der Waals surface area contributed by atoms with E-state index in [0.717, 1.165) is 12.8 Å². The number of rotatable bonds is 7. The number of benzene rings is 1. The third kappa shape index (κ3) is 3.81.